The third kappa shape index (κ3) is 6.06. The van der Waals surface area contributed by atoms with Gasteiger partial charge in [-0.25, -0.2) is 4.39 Å². The van der Waals surface area contributed by atoms with Crippen LogP contribution in [0.2, 0.25) is 0 Å². The summed E-state index contributed by atoms with van der Waals surface area (Å²) in [5.41, 5.74) is 0. The molecule has 0 saturated heterocycles. The fourth-order valence-corrected chi connectivity index (χ4v) is 0.938. The van der Waals surface area contributed by atoms with E-state index >= 15 is 0 Å². The molecule has 0 aromatic carbocycles. The Morgan fingerprint density at radius 1 is 1.10 bits per heavy atom. The zero-order valence-corrected chi connectivity index (χ0v) is 7.95. The summed E-state index contributed by atoms with van der Waals surface area (Å²) in [5.74, 6) is 0.287. The zero-order chi connectivity index (χ0) is 8.57. The Bertz CT molecular complexity index is 46.7. The molecule has 0 nitrogen and oxygen atoms in total. The first-order valence-corrected chi connectivity index (χ1v) is 4.36. The Hall–Kier alpha value is -0.0700. The number of alkyl halides is 1. The van der Waals surface area contributed by atoms with Crippen molar-refractivity contribution < 1.29 is 4.39 Å². The van der Waals surface area contributed by atoms with E-state index in [1.165, 1.54) is 0 Å². The van der Waals surface area contributed by atoms with Crippen molar-refractivity contribution in [3.63, 3.8) is 0 Å². The average Bonchev–Trinajstić information content (AvgIpc) is 1.94. The van der Waals surface area contributed by atoms with Gasteiger partial charge in [-0.3, -0.25) is 0 Å². The van der Waals surface area contributed by atoms with Gasteiger partial charge in [-0.05, 0) is 12.8 Å². The molecule has 0 saturated carbocycles. The van der Waals surface area contributed by atoms with Gasteiger partial charge in [-0.2, -0.15) is 0 Å². The van der Waals surface area contributed by atoms with Gasteiger partial charge in [-0.15, -0.1) is 0 Å². The Morgan fingerprint density at radius 2 is 1.40 bits per heavy atom. The second kappa shape index (κ2) is 8.93. The Labute approximate surface area is 64.8 Å². The molecular weight excluding hydrogens is 127 g/mol. The van der Waals surface area contributed by atoms with Crippen LogP contribution in [0.15, 0.2) is 0 Å². The van der Waals surface area contributed by atoms with Gasteiger partial charge in [0.2, 0.25) is 0 Å². The molecule has 0 aliphatic carbocycles. The lowest BCUT2D eigenvalue weighted by molar-refractivity contribution is 0.237. The first kappa shape index (κ1) is 12.6. The van der Waals surface area contributed by atoms with Crippen LogP contribution < -0.4 is 0 Å². The molecule has 1 atom stereocenters. The molecule has 0 aromatic rings. The summed E-state index contributed by atoms with van der Waals surface area (Å²) in [5, 5.41) is 0. The van der Waals surface area contributed by atoms with Crippen LogP contribution in [0.4, 0.5) is 4.39 Å². The largest absolute Gasteiger partial charge is 0.247 e. The van der Waals surface area contributed by atoms with Crippen LogP contribution in [0.5, 0.6) is 0 Å². The van der Waals surface area contributed by atoms with Gasteiger partial charge in [0, 0.05) is 0 Å². The van der Waals surface area contributed by atoms with Crippen LogP contribution in [-0.2, 0) is 0 Å². The highest BCUT2D eigenvalue weighted by atomic mass is 19.1. The number of halogens is 1. The number of hydrogen-bond acceptors (Lipinski definition) is 0. The molecule has 0 bridgehead atoms. The number of hydrogen-bond donors (Lipinski definition) is 0. The van der Waals surface area contributed by atoms with Crippen LogP contribution in [0.25, 0.3) is 0 Å². The van der Waals surface area contributed by atoms with E-state index in [4.69, 9.17) is 0 Å². The highest BCUT2D eigenvalue weighted by molar-refractivity contribution is 4.59. The standard InChI is InChI=1S/C7H15F.C2H6/c1-4-7(5-2)6(3)8;1-2/h6-7H,4-5H2,1-3H3;1-2H3. The summed E-state index contributed by atoms with van der Waals surface area (Å²) in [6.07, 6.45) is 1.31. The lowest BCUT2D eigenvalue weighted by Crippen LogP contribution is -2.09. The van der Waals surface area contributed by atoms with Crippen molar-refractivity contribution in [1.82, 2.24) is 0 Å². The molecule has 0 rings (SSSR count). The molecule has 64 valence electrons. The summed E-state index contributed by atoms with van der Waals surface area (Å²) < 4.78 is 12.4. The van der Waals surface area contributed by atoms with Crippen molar-refractivity contribution in [3.05, 3.63) is 0 Å². The molecule has 0 aliphatic heterocycles. The van der Waals surface area contributed by atoms with Crippen molar-refractivity contribution in [2.24, 2.45) is 5.92 Å². The lowest BCUT2D eigenvalue weighted by atomic mass is 9.99. The van der Waals surface area contributed by atoms with Gasteiger partial charge >= 0.3 is 0 Å². The summed E-state index contributed by atoms with van der Waals surface area (Å²) in [6.45, 7) is 9.70. The van der Waals surface area contributed by atoms with Gasteiger partial charge < -0.3 is 0 Å². The van der Waals surface area contributed by atoms with E-state index in [0.29, 0.717) is 0 Å². The third-order valence-electron chi connectivity index (χ3n) is 1.70. The first-order valence-electron chi connectivity index (χ1n) is 4.36. The van der Waals surface area contributed by atoms with Gasteiger partial charge in [-0.1, -0.05) is 40.5 Å². The van der Waals surface area contributed by atoms with Crippen molar-refractivity contribution in [3.8, 4) is 0 Å². The summed E-state index contributed by atoms with van der Waals surface area (Å²) >= 11 is 0. The van der Waals surface area contributed by atoms with Gasteiger partial charge in [0.25, 0.3) is 0 Å². The van der Waals surface area contributed by atoms with E-state index in [-0.39, 0.29) is 5.92 Å². The Balaban J connectivity index is 0. The topological polar surface area (TPSA) is 0 Å². The van der Waals surface area contributed by atoms with E-state index in [1.54, 1.807) is 6.92 Å². The minimum Gasteiger partial charge on any atom is -0.247 e. The molecule has 0 aromatic heterocycles. The van der Waals surface area contributed by atoms with Gasteiger partial charge in [0.15, 0.2) is 0 Å². The van der Waals surface area contributed by atoms with E-state index in [0.717, 1.165) is 12.8 Å². The minimum atomic E-state index is -0.620. The highest BCUT2D eigenvalue weighted by Gasteiger charge is 2.10. The fraction of sp³-hybridized carbons (Fsp3) is 1.00. The highest BCUT2D eigenvalue weighted by Crippen LogP contribution is 2.14. The maximum atomic E-state index is 12.4. The lowest BCUT2D eigenvalue weighted by Gasteiger charge is -2.11. The predicted molar refractivity (Wildman–Crippen MR) is 46.0 cm³/mol. The average molecular weight is 148 g/mol. The SMILES string of the molecule is CC.CCC(CC)C(C)F. The molecule has 0 fully saturated rings. The number of rotatable bonds is 3. The van der Waals surface area contributed by atoms with Crippen molar-refractivity contribution in [2.45, 2.75) is 53.6 Å². The second-order valence-corrected chi connectivity index (χ2v) is 2.25. The maximum Gasteiger partial charge on any atom is 0.100 e. The van der Waals surface area contributed by atoms with E-state index in [1.807, 2.05) is 27.7 Å². The molecule has 1 unspecified atom stereocenters. The van der Waals surface area contributed by atoms with Crippen LogP contribution in [0.3, 0.4) is 0 Å². The van der Waals surface area contributed by atoms with Gasteiger partial charge in [0.05, 0.1) is 0 Å². The van der Waals surface area contributed by atoms with Crippen molar-refractivity contribution in [1.29, 1.82) is 0 Å². The molecule has 0 radical (unpaired) electrons. The minimum absolute atomic E-state index is 0.287. The van der Waals surface area contributed by atoms with E-state index in [2.05, 4.69) is 0 Å². The molecule has 0 aliphatic rings. The maximum absolute atomic E-state index is 12.4. The molecule has 0 N–H and O–H groups in total. The summed E-state index contributed by atoms with van der Waals surface area (Å²) in [4.78, 5) is 0. The normalized spacial score (nSPS) is 12.3. The predicted octanol–water partition coefficient (Wildman–Crippen LogP) is 3.81. The fourth-order valence-electron chi connectivity index (χ4n) is 0.938. The summed E-state index contributed by atoms with van der Waals surface area (Å²) in [7, 11) is 0. The molecule has 0 amide bonds. The molecule has 0 heterocycles. The molecule has 0 spiro atoms. The Morgan fingerprint density at radius 3 is 1.40 bits per heavy atom. The molecular formula is C9H21F. The van der Waals surface area contributed by atoms with E-state index in [9.17, 15) is 4.39 Å². The second-order valence-electron chi connectivity index (χ2n) is 2.25. The summed E-state index contributed by atoms with van der Waals surface area (Å²) in [6, 6.07) is 0. The third-order valence-corrected chi connectivity index (χ3v) is 1.70. The van der Waals surface area contributed by atoms with Gasteiger partial charge in [0.1, 0.15) is 6.17 Å². The molecule has 10 heavy (non-hydrogen) atoms. The monoisotopic (exact) mass is 148 g/mol. The van der Waals surface area contributed by atoms with Crippen LogP contribution in [-0.4, -0.2) is 6.17 Å². The van der Waals surface area contributed by atoms with Crippen LogP contribution >= 0.6 is 0 Å². The zero-order valence-electron chi connectivity index (χ0n) is 7.95. The van der Waals surface area contributed by atoms with Crippen molar-refractivity contribution >= 4 is 0 Å². The Kier molecular flexibility index (Phi) is 11.2. The van der Waals surface area contributed by atoms with Crippen LogP contribution in [0.1, 0.15) is 47.5 Å². The molecule has 1 heteroatoms. The smallest absolute Gasteiger partial charge is 0.100 e. The van der Waals surface area contributed by atoms with Crippen molar-refractivity contribution in [2.75, 3.05) is 0 Å². The van der Waals surface area contributed by atoms with E-state index < -0.39 is 6.17 Å². The quantitative estimate of drug-likeness (QED) is 0.571. The van der Waals surface area contributed by atoms with Crippen LogP contribution in [0, 0.1) is 5.92 Å². The first-order chi connectivity index (χ1) is 4.72.